The predicted molar refractivity (Wildman–Crippen MR) is 233 cm³/mol. The molecule has 0 saturated heterocycles. The molecule has 7 aromatic carbocycles. The average molecular weight is 718 g/mol. The van der Waals surface area contributed by atoms with Crippen molar-refractivity contribution in [1.82, 2.24) is 4.98 Å². The van der Waals surface area contributed by atoms with Crippen LogP contribution in [-0.4, -0.2) is 4.98 Å². The van der Waals surface area contributed by atoms with Gasteiger partial charge in [-0.2, -0.15) is 0 Å². The standard InChI is InChI=1S/C55H43N/c1-4-16-41(17-5-1)51-37-45(54-26-14-15-35-56-54)19-11-10-18-44-36-42(31-33-48(44)51)39-27-29-40(30-28-39)43-32-34-50-49-24-12-13-25-52(49)55(53(50)38-43,46-20-6-2-7-21-46)47-22-8-3-9-23-47/h1-9,12-17,20-38,45H,10-11,18-19H2/b51-37-. The summed E-state index contributed by atoms with van der Waals surface area (Å²) in [5.74, 6) is 0.281. The Morgan fingerprint density at radius 3 is 1.68 bits per heavy atom. The van der Waals surface area contributed by atoms with E-state index >= 15 is 0 Å². The molecule has 2 aliphatic carbocycles. The van der Waals surface area contributed by atoms with Gasteiger partial charge >= 0.3 is 0 Å². The predicted octanol–water partition coefficient (Wildman–Crippen LogP) is 13.7. The summed E-state index contributed by atoms with van der Waals surface area (Å²) in [4.78, 5) is 4.79. The lowest BCUT2D eigenvalue weighted by molar-refractivity contribution is 0.630. The number of benzene rings is 7. The van der Waals surface area contributed by atoms with E-state index in [9.17, 15) is 0 Å². The minimum absolute atomic E-state index is 0.281. The number of allylic oxidation sites excluding steroid dienone is 1. The zero-order chi connectivity index (χ0) is 37.3. The van der Waals surface area contributed by atoms with Crippen LogP contribution in [0.5, 0.6) is 0 Å². The zero-order valence-electron chi connectivity index (χ0n) is 31.5. The molecule has 0 aliphatic heterocycles. The van der Waals surface area contributed by atoms with E-state index in [2.05, 4.69) is 194 Å². The summed E-state index contributed by atoms with van der Waals surface area (Å²) >= 11 is 0. The fourth-order valence-electron chi connectivity index (χ4n) is 9.47. The Labute approximate surface area is 330 Å². The first-order valence-corrected chi connectivity index (χ1v) is 20.0. The summed E-state index contributed by atoms with van der Waals surface area (Å²) in [6, 6.07) is 71.7. The van der Waals surface area contributed by atoms with Gasteiger partial charge in [0.05, 0.1) is 5.41 Å². The number of pyridine rings is 1. The minimum Gasteiger partial charge on any atom is -0.261 e. The SMILES string of the molecule is C1=C(/c2ccccc2)c2ccc(-c3ccc(-c4ccc5c(c4)C(c4ccccc4)(c4ccccc4)c4ccccc4-5)cc3)cc2CCCCC/1c1ccccn1. The summed E-state index contributed by atoms with van der Waals surface area (Å²) < 4.78 is 0. The van der Waals surface area contributed by atoms with Crippen molar-refractivity contribution in [3.05, 3.63) is 251 Å². The lowest BCUT2D eigenvalue weighted by atomic mass is 9.67. The van der Waals surface area contributed by atoms with E-state index in [1.807, 2.05) is 12.3 Å². The molecule has 1 aromatic heterocycles. The lowest BCUT2D eigenvalue weighted by Crippen LogP contribution is -2.28. The van der Waals surface area contributed by atoms with Crippen LogP contribution in [0, 0.1) is 0 Å². The number of fused-ring (bicyclic) bond motifs is 4. The maximum Gasteiger partial charge on any atom is 0.0713 e. The van der Waals surface area contributed by atoms with Crippen LogP contribution >= 0.6 is 0 Å². The van der Waals surface area contributed by atoms with Crippen LogP contribution in [0.4, 0.5) is 0 Å². The maximum absolute atomic E-state index is 4.79. The molecule has 0 spiro atoms. The number of rotatable bonds is 6. The van der Waals surface area contributed by atoms with E-state index in [-0.39, 0.29) is 5.92 Å². The molecular weight excluding hydrogens is 675 g/mol. The van der Waals surface area contributed by atoms with Gasteiger partial charge in [0.15, 0.2) is 0 Å². The first kappa shape index (κ1) is 34.0. The van der Waals surface area contributed by atoms with Gasteiger partial charge in [-0.15, -0.1) is 0 Å². The number of nitrogens with zero attached hydrogens (tertiary/aromatic N) is 1. The van der Waals surface area contributed by atoms with Crippen molar-refractivity contribution in [3.63, 3.8) is 0 Å². The van der Waals surface area contributed by atoms with Gasteiger partial charge in [0.1, 0.15) is 0 Å². The first-order valence-electron chi connectivity index (χ1n) is 20.0. The van der Waals surface area contributed by atoms with E-state index in [1.165, 1.54) is 84.3 Å². The van der Waals surface area contributed by atoms with Gasteiger partial charge < -0.3 is 0 Å². The molecule has 268 valence electrons. The summed E-state index contributed by atoms with van der Waals surface area (Å²) in [7, 11) is 0. The third-order valence-electron chi connectivity index (χ3n) is 12.1. The Bertz CT molecular complexity index is 2620. The normalized spacial score (nSPS) is 16.6. The third kappa shape index (κ3) is 5.92. The minimum atomic E-state index is -0.408. The Kier molecular flexibility index (Phi) is 8.84. The van der Waals surface area contributed by atoms with Crippen molar-refractivity contribution in [1.29, 1.82) is 0 Å². The van der Waals surface area contributed by atoms with Crippen molar-refractivity contribution < 1.29 is 0 Å². The monoisotopic (exact) mass is 717 g/mol. The number of aryl methyl sites for hydroxylation is 1. The highest BCUT2D eigenvalue weighted by Crippen LogP contribution is 2.56. The molecule has 0 amide bonds. The van der Waals surface area contributed by atoms with E-state index in [1.54, 1.807) is 0 Å². The van der Waals surface area contributed by atoms with E-state index in [4.69, 9.17) is 4.98 Å². The summed E-state index contributed by atoms with van der Waals surface area (Å²) in [5, 5.41) is 0. The summed E-state index contributed by atoms with van der Waals surface area (Å²) in [6.07, 6.45) is 8.89. The third-order valence-corrected chi connectivity index (χ3v) is 12.1. The van der Waals surface area contributed by atoms with Gasteiger partial charge in [0.2, 0.25) is 0 Å². The molecule has 10 rings (SSSR count). The highest BCUT2D eigenvalue weighted by atomic mass is 14.7. The van der Waals surface area contributed by atoms with Crippen LogP contribution in [0.2, 0.25) is 0 Å². The Balaban J connectivity index is 1.03. The van der Waals surface area contributed by atoms with Gasteiger partial charge in [-0.1, -0.05) is 188 Å². The quantitative estimate of drug-likeness (QED) is 0.167. The molecule has 1 heterocycles. The van der Waals surface area contributed by atoms with Gasteiger partial charge in [-0.25, -0.2) is 0 Å². The Hall–Kier alpha value is -6.57. The number of aromatic nitrogens is 1. The second-order valence-electron chi connectivity index (χ2n) is 15.3. The van der Waals surface area contributed by atoms with Gasteiger partial charge in [0, 0.05) is 17.8 Å². The van der Waals surface area contributed by atoms with E-state index < -0.39 is 5.41 Å². The molecule has 0 fully saturated rings. The van der Waals surface area contributed by atoms with Crippen LogP contribution < -0.4 is 0 Å². The van der Waals surface area contributed by atoms with Gasteiger partial charge in [-0.3, -0.25) is 4.98 Å². The van der Waals surface area contributed by atoms with Crippen LogP contribution in [0.15, 0.2) is 206 Å². The molecule has 0 radical (unpaired) electrons. The molecule has 1 heteroatoms. The van der Waals surface area contributed by atoms with E-state index in [0.29, 0.717) is 0 Å². The number of hydrogen-bond donors (Lipinski definition) is 0. The molecule has 1 atom stereocenters. The van der Waals surface area contributed by atoms with Crippen LogP contribution in [0.3, 0.4) is 0 Å². The molecule has 0 bridgehead atoms. The lowest BCUT2D eigenvalue weighted by Gasteiger charge is -2.34. The summed E-state index contributed by atoms with van der Waals surface area (Å²) in [5.41, 5.74) is 18.9. The molecule has 0 N–H and O–H groups in total. The smallest absolute Gasteiger partial charge is 0.0713 e. The maximum atomic E-state index is 4.79. The first-order chi connectivity index (χ1) is 27.8. The van der Waals surface area contributed by atoms with Crippen molar-refractivity contribution >= 4 is 5.57 Å². The topological polar surface area (TPSA) is 12.9 Å². The number of hydrogen-bond acceptors (Lipinski definition) is 1. The zero-order valence-corrected chi connectivity index (χ0v) is 31.5. The van der Waals surface area contributed by atoms with Crippen molar-refractivity contribution in [3.8, 4) is 33.4 Å². The van der Waals surface area contributed by atoms with Gasteiger partial charge in [0.25, 0.3) is 0 Å². The highest BCUT2D eigenvalue weighted by Gasteiger charge is 2.46. The van der Waals surface area contributed by atoms with Crippen LogP contribution in [0.25, 0.3) is 39.0 Å². The molecular formula is C55H43N. The van der Waals surface area contributed by atoms with Gasteiger partial charge in [-0.05, 0) is 115 Å². The van der Waals surface area contributed by atoms with Crippen molar-refractivity contribution in [2.45, 2.75) is 37.0 Å². The Morgan fingerprint density at radius 1 is 0.429 bits per heavy atom. The van der Waals surface area contributed by atoms with Crippen LogP contribution in [-0.2, 0) is 11.8 Å². The van der Waals surface area contributed by atoms with Crippen molar-refractivity contribution in [2.75, 3.05) is 0 Å². The fourth-order valence-corrected chi connectivity index (χ4v) is 9.47. The van der Waals surface area contributed by atoms with Crippen molar-refractivity contribution in [2.24, 2.45) is 0 Å². The molecule has 0 saturated carbocycles. The second kappa shape index (κ2) is 14.6. The van der Waals surface area contributed by atoms with E-state index in [0.717, 1.165) is 25.0 Å². The molecule has 8 aromatic rings. The largest absolute Gasteiger partial charge is 0.261 e. The molecule has 2 aliphatic rings. The molecule has 1 nitrogen and oxygen atoms in total. The highest BCUT2D eigenvalue weighted by molar-refractivity contribution is 5.89. The second-order valence-corrected chi connectivity index (χ2v) is 15.3. The Morgan fingerprint density at radius 2 is 1.00 bits per heavy atom. The van der Waals surface area contributed by atoms with Crippen LogP contribution in [0.1, 0.15) is 69.8 Å². The summed E-state index contributed by atoms with van der Waals surface area (Å²) in [6.45, 7) is 0. The molecule has 1 unspecified atom stereocenters. The molecule has 56 heavy (non-hydrogen) atoms. The fraction of sp³-hybridized carbons (Fsp3) is 0.109. The average Bonchev–Trinajstić information content (AvgIpc) is 3.62.